The van der Waals surface area contributed by atoms with Crippen molar-refractivity contribution in [1.82, 2.24) is 4.98 Å². The molecule has 0 spiro atoms. The molecule has 0 radical (unpaired) electrons. The molecule has 3 aromatic rings. The molecular weight excluding hydrogens is 336 g/mol. The lowest BCUT2D eigenvalue weighted by molar-refractivity contribution is 0.294. The van der Waals surface area contributed by atoms with Crippen molar-refractivity contribution < 1.29 is 9.47 Å². The van der Waals surface area contributed by atoms with Crippen LogP contribution in [0.25, 0.3) is 11.1 Å². The highest BCUT2D eigenvalue weighted by Gasteiger charge is 2.06. The summed E-state index contributed by atoms with van der Waals surface area (Å²) in [5.41, 5.74) is 9.93. The highest BCUT2D eigenvalue weighted by atomic mass is 35.5. The minimum atomic E-state index is 0. The number of methoxy groups -OCH3 is 1. The van der Waals surface area contributed by atoms with Crippen LogP contribution in [0, 0.1) is 0 Å². The number of nitrogens with zero attached hydrogens (tertiary/aromatic N) is 1. The Morgan fingerprint density at radius 3 is 2.36 bits per heavy atom. The van der Waals surface area contributed by atoms with Crippen LogP contribution in [0.1, 0.15) is 11.1 Å². The smallest absolute Gasteiger partial charge is 0.213 e. The third kappa shape index (κ3) is 4.72. The van der Waals surface area contributed by atoms with Crippen molar-refractivity contribution in [2.45, 2.75) is 13.2 Å². The average molecular weight is 357 g/mol. The molecule has 0 aliphatic carbocycles. The fourth-order valence-corrected chi connectivity index (χ4v) is 2.49. The predicted octanol–water partition coefficient (Wildman–Crippen LogP) is 4.22. The lowest BCUT2D eigenvalue weighted by atomic mass is 10.0. The number of rotatable bonds is 6. The van der Waals surface area contributed by atoms with Gasteiger partial charge in [0.05, 0.1) is 7.11 Å². The molecule has 0 aliphatic heterocycles. The fourth-order valence-electron chi connectivity index (χ4n) is 2.49. The summed E-state index contributed by atoms with van der Waals surface area (Å²) in [7, 11) is 1.65. The van der Waals surface area contributed by atoms with E-state index < -0.39 is 0 Å². The van der Waals surface area contributed by atoms with Crippen LogP contribution in [0.15, 0.2) is 66.9 Å². The van der Waals surface area contributed by atoms with Crippen LogP contribution in [0.3, 0.4) is 0 Å². The average Bonchev–Trinajstić information content (AvgIpc) is 2.67. The van der Waals surface area contributed by atoms with Crippen LogP contribution in [-0.2, 0) is 13.2 Å². The summed E-state index contributed by atoms with van der Waals surface area (Å²) in [6.45, 7) is 0.940. The minimum Gasteiger partial charge on any atom is -0.496 e. The maximum absolute atomic E-state index is 5.78. The maximum Gasteiger partial charge on any atom is 0.213 e. The van der Waals surface area contributed by atoms with E-state index in [1.807, 2.05) is 66.9 Å². The van der Waals surface area contributed by atoms with Gasteiger partial charge in [-0.05, 0) is 29.3 Å². The number of aromatic nitrogens is 1. The Morgan fingerprint density at radius 2 is 1.72 bits per heavy atom. The summed E-state index contributed by atoms with van der Waals surface area (Å²) in [6, 6.07) is 19.9. The molecule has 0 unspecified atom stereocenters. The molecule has 2 aromatic carbocycles. The second-order valence-electron chi connectivity index (χ2n) is 5.39. The van der Waals surface area contributed by atoms with Crippen molar-refractivity contribution in [3.05, 3.63) is 78.0 Å². The molecule has 0 fully saturated rings. The number of hydrogen-bond acceptors (Lipinski definition) is 4. The van der Waals surface area contributed by atoms with Gasteiger partial charge in [-0.2, -0.15) is 0 Å². The van der Waals surface area contributed by atoms with Gasteiger partial charge in [-0.3, -0.25) is 0 Å². The van der Waals surface area contributed by atoms with E-state index in [9.17, 15) is 0 Å². The monoisotopic (exact) mass is 356 g/mol. The van der Waals surface area contributed by atoms with Crippen LogP contribution in [0.4, 0.5) is 0 Å². The second kappa shape index (κ2) is 9.06. The van der Waals surface area contributed by atoms with E-state index in [1.54, 1.807) is 7.11 Å². The lowest BCUT2D eigenvalue weighted by Crippen LogP contribution is -2.00. The van der Waals surface area contributed by atoms with E-state index in [2.05, 4.69) is 4.98 Å². The topological polar surface area (TPSA) is 57.4 Å². The van der Waals surface area contributed by atoms with Crippen molar-refractivity contribution >= 4 is 12.4 Å². The zero-order chi connectivity index (χ0) is 16.8. The Balaban J connectivity index is 0.00000225. The van der Waals surface area contributed by atoms with Crippen LogP contribution in [0.2, 0.25) is 0 Å². The van der Waals surface area contributed by atoms with Gasteiger partial charge in [-0.25, -0.2) is 4.98 Å². The summed E-state index contributed by atoms with van der Waals surface area (Å²) in [5.74, 6) is 1.41. The molecule has 4 nitrogen and oxygen atoms in total. The van der Waals surface area contributed by atoms with E-state index in [-0.39, 0.29) is 12.4 Å². The lowest BCUT2D eigenvalue weighted by Gasteiger charge is -2.10. The maximum atomic E-state index is 5.78. The molecule has 1 heterocycles. The van der Waals surface area contributed by atoms with Crippen LogP contribution in [0.5, 0.6) is 11.6 Å². The standard InChI is InChI=1S/C20H20N2O2.ClH/c1-23-19-9-7-16(11-18(19)12-21)17-8-10-20(22-13-17)24-14-15-5-3-2-4-6-15;/h2-11,13H,12,14,21H2,1H3;1H. The Morgan fingerprint density at radius 1 is 0.960 bits per heavy atom. The summed E-state index contributed by atoms with van der Waals surface area (Å²) in [5, 5.41) is 0. The highest BCUT2D eigenvalue weighted by molar-refractivity contribution is 5.85. The Hall–Kier alpha value is -2.56. The van der Waals surface area contributed by atoms with Crippen LogP contribution >= 0.6 is 12.4 Å². The molecule has 130 valence electrons. The normalized spacial score (nSPS) is 10.0. The third-order valence-electron chi connectivity index (χ3n) is 3.80. The third-order valence-corrected chi connectivity index (χ3v) is 3.80. The van der Waals surface area contributed by atoms with Crippen molar-refractivity contribution in [2.75, 3.05) is 7.11 Å². The Bertz CT molecular complexity index is 793. The van der Waals surface area contributed by atoms with Crippen molar-refractivity contribution in [2.24, 2.45) is 5.73 Å². The van der Waals surface area contributed by atoms with Crippen molar-refractivity contribution in [3.63, 3.8) is 0 Å². The van der Waals surface area contributed by atoms with E-state index in [4.69, 9.17) is 15.2 Å². The SMILES string of the molecule is COc1ccc(-c2ccc(OCc3ccccc3)nc2)cc1CN.Cl. The molecule has 0 amide bonds. The number of ether oxygens (including phenoxy) is 2. The van der Waals surface area contributed by atoms with Gasteiger partial charge in [0, 0.05) is 29.9 Å². The summed E-state index contributed by atoms with van der Waals surface area (Å²) >= 11 is 0. The van der Waals surface area contributed by atoms with Gasteiger partial charge >= 0.3 is 0 Å². The first-order valence-corrected chi connectivity index (χ1v) is 7.80. The highest BCUT2D eigenvalue weighted by Crippen LogP contribution is 2.26. The molecule has 0 atom stereocenters. The van der Waals surface area contributed by atoms with Gasteiger partial charge in [0.25, 0.3) is 0 Å². The Labute approximate surface area is 154 Å². The molecule has 25 heavy (non-hydrogen) atoms. The first-order valence-electron chi connectivity index (χ1n) is 7.80. The molecule has 2 N–H and O–H groups in total. The number of hydrogen-bond donors (Lipinski definition) is 1. The number of nitrogens with two attached hydrogens (primary N) is 1. The minimum absolute atomic E-state index is 0. The van der Waals surface area contributed by atoms with Gasteiger partial charge < -0.3 is 15.2 Å². The van der Waals surface area contributed by atoms with E-state index in [1.165, 1.54) is 0 Å². The van der Waals surface area contributed by atoms with Gasteiger partial charge in [-0.15, -0.1) is 12.4 Å². The van der Waals surface area contributed by atoms with Gasteiger partial charge in [0.15, 0.2) is 0 Å². The van der Waals surface area contributed by atoms with Gasteiger partial charge in [0.1, 0.15) is 12.4 Å². The summed E-state index contributed by atoms with van der Waals surface area (Å²) in [4.78, 5) is 4.38. The first kappa shape index (κ1) is 18.8. The summed E-state index contributed by atoms with van der Waals surface area (Å²) in [6.07, 6.45) is 1.81. The molecule has 0 bridgehead atoms. The predicted molar refractivity (Wildman–Crippen MR) is 102 cm³/mol. The quantitative estimate of drug-likeness (QED) is 0.718. The number of benzene rings is 2. The summed E-state index contributed by atoms with van der Waals surface area (Å²) < 4.78 is 11.0. The first-order chi connectivity index (χ1) is 11.8. The van der Waals surface area contributed by atoms with Crippen LogP contribution in [-0.4, -0.2) is 12.1 Å². The molecule has 3 rings (SSSR count). The zero-order valence-electron chi connectivity index (χ0n) is 14.0. The fraction of sp³-hybridized carbons (Fsp3) is 0.150. The van der Waals surface area contributed by atoms with Crippen molar-refractivity contribution in [1.29, 1.82) is 0 Å². The Kier molecular flexibility index (Phi) is 6.81. The number of pyridine rings is 1. The van der Waals surface area contributed by atoms with E-state index in [0.717, 1.165) is 28.0 Å². The van der Waals surface area contributed by atoms with Crippen molar-refractivity contribution in [3.8, 4) is 22.8 Å². The second-order valence-corrected chi connectivity index (χ2v) is 5.39. The number of halogens is 1. The molecule has 0 saturated heterocycles. The van der Waals surface area contributed by atoms with Gasteiger partial charge in [-0.1, -0.05) is 36.4 Å². The zero-order valence-corrected chi connectivity index (χ0v) is 14.8. The molecular formula is C20H21ClN2O2. The van der Waals surface area contributed by atoms with Crippen LogP contribution < -0.4 is 15.2 Å². The van der Waals surface area contributed by atoms with E-state index >= 15 is 0 Å². The molecule has 1 aromatic heterocycles. The molecule has 0 saturated carbocycles. The largest absolute Gasteiger partial charge is 0.496 e. The molecule has 0 aliphatic rings. The van der Waals surface area contributed by atoms with E-state index in [0.29, 0.717) is 19.0 Å². The molecule has 5 heteroatoms. The van der Waals surface area contributed by atoms with Gasteiger partial charge in [0.2, 0.25) is 5.88 Å².